The molecule has 0 aliphatic rings. The van der Waals surface area contributed by atoms with Crippen LogP contribution in [0.4, 0.5) is 11.4 Å². The van der Waals surface area contributed by atoms with Crippen molar-refractivity contribution in [3.05, 3.63) is 67.1 Å². The van der Waals surface area contributed by atoms with Gasteiger partial charge in [-0.15, -0.1) is 0 Å². The number of nitrogens with one attached hydrogen (secondary N) is 1. The van der Waals surface area contributed by atoms with E-state index in [0.717, 1.165) is 5.56 Å². The maximum atomic E-state index is 10.8. The van der Waals surface area contributed by atoms with E-state index in [4.69, 9.17) is 34.8 Å². The van der Waals surface area contributed by atoms with Crippen molar-refractivity contribution in [2.24, 2.45) is 0 Å². The highest BCUT2D eigenvalue weighted by Gasteiger charge is 2.12. The molecule has 2 aromatic rings. The topological polar surface area (TPSA) is 55.2 Å². The molecule has 0 unspecified atom stereocenters. The van der Waals surface area contributed by atoms with E-state index in [9.17, 15) is 10.1 Å². The number of hydrogen-bond donors (Lipinski definition) is 1. The third-order valence-corrected chi connectivity index (χ3v) is 3.55. The lowest BCUT2D eigenvalue weighted by Gasteiger charge is -2.08. The summed E-state index contributed by atoms with van der Waals surface area (Å²) in [6, 6.07) is 9.69. The van der Waals surface area contributed by atoms with Gasteiger partial charge in [-0.05, 0) is 29.8 Å². The highest BCUT2D eigenvalue weighted by atomic mass is 35.5. The van der Waals surface area contributed by atoms with Crippen LogP contribution in [0.15, 0.2) is 36.4 Å². The van der Waals surface area contributed by atoms with Crippen LogP contribution in [0.25, 0.3) is 0 Å². The van der Waals surface area contributed by atoms with Crippen LogP contribution in [0.5, 0.6) is 0 Å². The molecule has 0 saturated carbocycles. The van der Waals surface area contributed by atoms with Crippen LogP contribution in [0.2, 0.25) is 15.1 Å². The monoisotopic (exact) mass is 330 g/mol. The molecule has 0 spiro atoms. The van der Waals surface area contributed by atoms with Gasteiger partial charge >= 0.3 is 0 Å². The standard InChI is InChI=1S/C13H9Cl3N2O2/c14-9-2-1-8(12(16)5-9)7-17-10-3-4-11(15)13(6-10)18(19)20/h1-6,17H,7H2. The van der Waals surface area contributed by atoms with Crippen LogP contribution in [0.1, 0.15) is 5.56 Å². The molecule has 0 radical (unpaired) electrons. The predicted molar refractivity (Wildman–Crippen MR) is 81.9 cm³/mol. The van der Waals surface area contributed by atoms with Gasteiger partial charge in [0.05, 0.1) is 4.92 Å². The Morgan fingerprint density at radius 3 is 2.45 bits per heavy atom. The summed E-state index contributed by atoms with van der Waals surface area (Å²) < 4.78 is 0. The van der Waals surface area contributed by atoms with Gasteiger partial charge in [-0.25, -0.2) is 0 Å². The molecule has 0 heterocycles. The van der Waals surface area contributed by atoms with Crippen LogP contribution in [-0.2, 0) is 6.54 Å². The van der Waals surface area contributed by atoms with Crippen molar-refractivity contribution in [3.63, 3.8) is 0 Å². The zero-order chi connectivity index (χ0) is 14.7. The van der Waals surface area contributed by atoms with Gasteiger partial charge in [-0.3, -0.25) is 10.1 Å². The summed E-state index contributed by atoms with van der Waals surface area (Å²) in [7, 11) is 0. The Morgan fingerprint density at radius 2 is 1.80 bits per heavy atom. The lowest BCUT2D eigenvalue weighted by Crippen LogP contribution is -2.01. The molecular formula is C13H9Cl3N2O2. The first-order valence-corrected chi connectivity index (χ1v) is 6.72. The van der Waals surface area contributed by atoms with Gasteiger partial charge in [0.1, 0.15) is 5.02 Å². The Hall–Kier alpha value is -1.49. The van der Waals surface area contributed by atoms with E-state index >= 15 is 0 Å². The van der Waals surface area contributed by atoms with E-state index < -0.39 is 4.92 Å². The maximum absolute atomic E-state index is 10.8. The fourth-order valence-corrected chi connectivity index (χ4v) is 2.29. The Bertz CT molecular complexity index is 662. The van der Waals surface area contributed by atoms with Crippen molar-refractivity contribution < 1.29 is 4.92 Å². The molecule has 2 aromatic carbocycles. The average Bonchev–Trinajstić information content (AvgIpc) is 2.39. The van der Waals surface area contributed by atoms with Crippen molar-refractivity contribution in [3.8, 4) is 0 Å². The van der Waals surface area contributed by atoms with Crippen LogP contribution >= 0.6 is 34.8 Å². The van der Waals surface area contributed by atoms with Gasteiger partial charge in [-0.2, -0.15) is 0 Å². The molecule has 1 N–H and O–H groups in total. The zero-order valence-electron chi connectivity index (χ0n) is 10.1. The van der Waals surface area contributed by atoms with Crippen LogP contribution in [0.3, 0.4) is 0 Å². The second-order valence-corrected chi connectivity index (χ2v) is 5.26. The summed E-state index contributed by atoms with van der Waals surface area (Å²) in [5, 5.41) is 15.0. The molecule has 0 saturated heterocycles. The predicted octanol–water partition coefficient (Wildman–Crippen LogP) is 5.17. The highest BCUT2D eigenvalue weighted by Crippen LogP contribution is 2.28. The number of nitrogens with zero attached hydrogens (tertiary/aromatic N) is 1. The van der Waals surface area contributed by atoms with Gasteiger partial charge in [0.2, 0.25) is 0 Å². The largest absolute Gasteiger partial charge is 0.381 e. The minimum Gasteiger partial charge on any atom is -0.381 e. The molecule has 0 aliphatic carbocycles. The number of halogens is 3. The summed E-state index contributed by atoms with van der Waals surface area (Å²) >= 11 is 17.6. The molecule has 104 valence electrons. The van der Waals surface area contributed by atoms with Crippen molar-refractivity contribution >= 4 is 46.2 Å². The molecule has 0 atom stereocenters. The van der Waals surface area contributed by atoms with Gasteiger partial charge < -0.3 is 5.32 Å². The first-order chi connectivity index (χ1) is 9.47. The summed E-state index contributed by atoms with van der Waals surface area (Å²) in [5.74, 6) is 0. The first kappa shape index (κ1) is 14.9. The Labute approximate surface area is 130 Å². The zero-order valence-corrected chi connectivity index (χ0v) is 12.3. The van der Waals surface area contributed by atoms with E-state index in [1.165, 1.54) is 12.1 Å². The molecule has 0 amide bonds. The fourth-order valence-electron chi connectivity index (χ4n) is 1.62. The number of hydrogen-bond acceptors (Lipinski definition) is 3. The summed E-state index contributed by atoms with van der Waals surface area (Å²) in [5.41, 5.74) is 1.29. The average molecular weight is 332 g/mol. The number of rotatable bonds is 4. The van der Waals surface area contributed by atoms with E-state index in [2.05, 4.69) is 5.32 Å². The molecule has 20 heavy (non-hydrogen) atoms. The summed E-state index contributed by atoms with van der Waals surface area (Å²) in [6.07, 6.45) is 0. The van der Waals surface area contributed by atoms with Crippen molar-refractivity contribution in [2.45, 2.75) is 6.54 Å². The second kappa shape index (κ2) is 6.31. The summed E-state index contributed by atoms with van der Waals surface area (Å²) in [6.45, 7) is 0.425. The maximum Gasteiger partial charge on any atom is 0.289 e. The highest BCUT2D eigenvalue weighted by molar-refractivity contribution is 6.35. The van der Waals surface area contributed by atoms with Crippen LogP contribution in [-0.4, -0.2) is 4.92 Å². The van der Waals surface area contributed by atoms with Crippen molar-refractivity contribution in [2.75, 3.05) is 5.32 Å². The van der Waals surface area contributed by atoms with Gasteiger partial charge in [0.25, 0.3) is 5.69 Å². The van der Waals surface area contributed by atoms with Crippen molar-refractivity contribution in [1.29, 1.82) is 0 Å². The summed E-state index contributed by atoms with van der Waals surface area (Å²) in [4.78, 5) is 10.3. The van der Waals surface area contributed by atoms with E-state index in [1.54, 1.807) is 24.3 Å². The quantitative estimate of drug-likeness (QED) is 0.621. The Kier molecular flexibility index (Phi) is 4.70. The molecule has 7 heteroatoms. The number of benzene rings is 2. The Morgan fingerprint density at radius 1 is 1.05 bits per heavy atom. The molecule has 0 aliphatic heterocycles. The van der Waals surface area contributed by atoms with Gasteiger partial charge in [0.15, 0.2) is 0 Å². The Balaban J connectivity index is 2.15. The third kappa shape index (κ3) is 3.54. The lowest BCUT2D eigenvalue weighted by atomic mass is 10.2. The normalized spacial score (nSPS) is 10.3. The lowest BCUT2D eigenvalue weighted by molar-refractivity contribution is -0.384. The minimum atomic E-state index is -0.525. The minimum absolute atomic E-state index is 0.102. The fraction of sp³-hybridized carbons (Fsp3) is 0.0769. The molecule has 0 aromatic heterocycles. The molecule has 2 rings (SSSR count). The molecule has 0 bridgehead atoms. The van der Waals surface area contributed by atoms with E-state index in [-0.39, 0.29) is 10.7 Å². The molecule has 4 nitrogen and oxygen atoms in total. The smallest absolute Gasteiger partial charge is 0.289 e. The SMILES string of the molecule is O=[N+]([O-])c1cc(NCc2ccc(Cl)cc2Cl)ccc1Cl. The van der Waals surface area contributed by atoms with E-state index in [1.807, 2.05) is 0 Å². The molecular weight excluding hydrogens is 323 g/mol. The van der Waals surface area contributed by atoms with Gasteiger partial charge in [0, 0.05) is 28.3 Å². The van der Waals surface area contributed by atoms with Crippen LogP contribution < -0.4 is 5.32 Å². The second-order valence-electron chi connectivity index (χ2n) is 4.01. The van der Waals surface area contributed by atoms with Gasteiger partial charge in [-0.1, -0.05) is 40.9 Å². The van der Waals surface area contributed by atoms with Crippen molar-refractivity contribution in [1.82, 2.24) is 0 Å². The molecule has 0 fully saturated rings. The number of nitro benzene ring substituents is 1. The van der Waals surface area contributed by atoms with Crippen LogP contribution in [0, 0.1) is 10.1 Å². The number of nitro groups is 1. The third-order valence-electron chi connectivity index (χ3n) is 2.64. The first-order valence-electron chi connectivity index (χ1n) is 5.59. The van der Waals surface area contributed by atoms with E-state index in [0.29, 0.717) is 22.3 Å². The number of anilines is 1.